The number of benzene rings is 2. The molecule has 3 aromatic rings. The minimum Gasteiger partial charge on any atom is -0.494 e. The maximum Gasteiger partial charge on any atom is 0.250 e. The van der Waals surface area contributed by atoms with Crippen LogP contribution >= 0.6 is 0 Å². The fourth-order valence-electron chi connectivity index (χ4n) is 3.35. The summed E-state index contributed by atoms with van der Waals surface area (Å²) in [4.78, 5) is 16.2. The second kappa shape index (κ2) is 9.36. The lowest BCUT2D eigenvalue weighted by Gasteiger charge is -2.23. The highest BCUT2D eigenvalue weighted by Crippen LogP contribution is 2.31. The van der Waals surface area contributed by atoms with Crippen molar-refractivity contribution in [2.45, 2.75) is 19.6 Å². The van der Waals surface area contributed by atoms with Crippen molar-refractivity contribution in [3.8, 4) is 5.75 Å². The largest absolute Gasteiger partial charge is 0.494 e. The molecule has 0 aliphatic heterocycles. The van der Waals surface area contributed by atoms with E-state index in [1.165, 1.54) is 0 Å². The molecule has 1 amide bonds. The Morgan fingerprint density at radius 3 is 2.62 bits per heavy atom. The van der Waals surface area contributed by atoms with Crippen LogP contribution in [-0.4, -0.2) is 36.2 Å². The lowest BCUT2D eigenvalue weighted by molar-refractivity contribution is 0.100. The Bertz CT molecular complexity index is 989. The Hall–Kier alpha value is -3.16. The Morgan fingerprint density at radius 2 is 2.00 bits per heavy atom. The van der Waals surface area contributed by atoms with E-state index < -0.39 is 5.91 Å². The number of amides is 1. The van der Waals surface area contributed by atoms with Gasteiger partial charge in [-0.1, -0.05) is 24.3 Å². The van der Waals surface area contributed by atoms with Crippen LogP contribution in [0.15, 0.2) is 48.7 Å². The van der Waals surface area contributed by atoms with Gasteiger partial charge in [0.05, 0.1) is 36.0 Å². The molecule has 7 nitrogen and oxygen atoms in total. The number of hydrogen-bond acceptors (Lipinski definition) is 6. The predicted octanol–water partition coefficient (Wildman–Crippen LogP) is 2.60. The van der Waals surface area contributed by atoms with Crippen molar-refractivity contribution >= 4 is 22.5 Å². The molecule has 1 atom stereocenters. The summed E-state index contributed by atoms with van der Waals surface area (Å²) in [5.41, 5.74) is 8.80. The van der Waals surface area contributed by atoms with E-state index in [-0.39, 0.29) is 12.6 Å². The second-order valence-electron chi connectivity index (χ2n) is 6.64. The number of para-hydroxylation sites is 1. The summed E-state index contributed by atoms with van der Waals surface area (Å²) in [6.45, 7) is 3.03. The van der Waals surface area contributed by atoms with Crippen LogP contribution in [-0.2, 0) is 6.61 Å². The lowest BCUT2D eigenvalue weighted by Crippen LogP contribution is -2.24. The number of nitrogens with zero attached hydrogens (tertiary/aromatic N) is 1. The van der Waals surface area contributed by atoms with Crippen LogP contribution in [0.4, 0.5) is 5.69 Å². The number of rotatable bonds is 9. The minimum absolute atomic E-state index is 0.0798. The summed E-state index contributed by atoms with van der Waals surface area (Å²) < 4.78 is 5.53. The van der Waals surface area contributed by atoms with Gasteiger partial charge < -0.3 is 26.2 Å². The van der Waals surface area contributed by atoms with Crippen LogP contribution in [0, 0.1) is 0 Å². The summed E-state index contributed by atoms with van der Waals surface area (Å²) >= 11 is 0. The molecule has 0 saturated carbocycles. The van der Waals surface area contributed by atoms with Crippen LogP contribution in [0.1, 0.15) is 34.5 Å². The zero-order chi connectivity index (χ0) is 20.8. The van der Waals surface area contributed by atoms with Gasteiger partial charge in [0.1, 0.15) is 5.75 Å². The molecule has 152 valence electrons. The van der Waals surface area contributed by atoms with Crippen molar-refractivity contribution in [3.05, 3.63) is 65.4 Å². The Balaban J connectivity index is 2.05. The molecule has 3 rings (SSSR count). The topological polar surface area (TPSA) is 110 Å². The minimum atomic E-state index is -0.538. The fraction of sp³-hybridized carbons (Fsp3) is 0.273. The number of aromatic nitrogens is 1. The number of primary amides is 1. The summed E-state index contributed by atoms with van der Waals surface area (Å²) in [6.07, 6.45) is 1.58. The van der Waals surface area contributed by atoms with E-state index in [9.17, 15) is 9.90 Å². The Morgan fingerprint density at radius 1 is 1.24 bits per heavy atom. The van der Waals surface area contributed by atoms with Gasteiger partial charge >= 0.3 is 0 Å². The van der Waals surface area contributed by atoms with Crippen LogP contribution in [0.5, 0.6) is 5.75 Å². The first-order chi connectivity index (χ1) is 14.1. The molecule has 0 radical (unpaired) electrons. The molecular weight excluding hydrogens is 368 g/mol. The number of fused-ring (bicyclic) bond motifs is 1. The SMILES string of the molecule is CCOc1ccc([C@@H](CNC)Nc2c(CO)cnc3c(C(N)=O)cccc23)cc1. The van der Waals surface area contributed by atoms with Gasteiger partial charge in [-0.05, 0) is 37.7 Å². The summed E-state index contributed by atoms with van der Waals surface area (Å²) in [5, 5.41) is 17.3. The third-order valence-corrected chi connectivity index (χ3v) is 4.73. The van der Waals surface area contributed by atoms with E-state index in [1.807, 2.05) is 44.3 Å². The van der Waals surface area contributed by atoms with Gasteiger partial charge in [0.25, 0.3) is 5.91 Å². The maximum absolute atomic E-state index is 11.8. The highest BCUT2D eigenvalue weighted by molar-refractivity contribution is 6.08. The number of ether oxygens (including phenoxy) is 1. The number of likely N-dealkylation sites (N-methyl/N-ethyl adjacent to an activating group) is 1. The quantitative estimate of drug-likeness (QED) is 0.444. The number of nitrogens with two attached hydrogens (primary N) is 1. The summed E-state index contributed by atoms with van der Waals surface area (Å²) in [7, 11) is 1.88. The molecule has 0 unspecified atom stereocenters. The van der Waals surface area contributed by atoms with Crippen molar-refractivity contribution in [3.63, 3.8) is 0 Å². The van der Waals surface area contributed by atoms with Gasteiger partial charge in [0.15, 0.2) is 0 Å². The molecular formula is C22H26N4O3. The molecule has 0 aliphatic carbocycles. The van der Waals surface area contributed by atoms with Gasteiger partial charge in [-0.25, -0.2) is 0 Å². The second-order valence-corrected chi connectivity index (χ2v) is 6.64. The van der Waals surface area contributed by atoms with Crippen molar-refractivity contribution in [1.82, 2.24) is 10.3 Å². The van der Waals surface area contributed by atoms with Gasteiger partial charge in [-0.15, -0.1) is 0 Å². The smallest absolute Gasteiger partial charge is 0.250 e. The average molecular weight is 394 g/mol. The highest BCUT2D eigenvalue weighted by atomic mass is 16.5. The molecule has 29 heavy (non-hydrogen) atoms. The first-order valence-corrected chi connectivity index (χ1v) is 9.54. The number of aliphatic hydroxyl groups excluding tert-OH is 1. The normalized spacial score (nSPS) is 12.0. The van der Waals surface area contributed by atoms with Gasteiger partial charge in [-0.3, -0.25) is 9.78 Å². The first kappa shape index (κ1) is 20.6. The average Bonchev–Trinajstić information content (AvgIpc) is 2.73. The molecule has 5 N–H and O–H groups in total. The number of carbonyl (C=O) groups is 1. The Labute approximate surface area is 169 Å². The number of anilines is 1. The number of pyridine rings is 1. The Kier molecular flexibility index (Phi) is 6.64. The van der Waals surface area contributed by atoms with Gasteiger partial charge in [0, 0.05) is 23.7 Å². The maximum atomic E-state index is 11.8. The molecule has 2 aromatic carbocycles. The molecule has 0 saturated heterocycles. The van der Waals surface area contributed by atoms with Crippen molar-refractivity contribution in [1.29, 1.82) is 0 Å². The molecule has 0 spiro atoms. The number of aliphatic hydroxyl groups is 1. The molecule has 1 aromatic heterocycles. The predicted molar refractivity (Wildman–Crippen MR) is 114 cm³/mol. The standard InChI is InChI=1S/C22H26N4O3/c1-3-29-16-9-7-14(8-10-16)19(12-24-2)26-20-15(13-27)11-25-21-17(20)5-4-6-18(21)22(23)28/h4-11,19,24,27H,3,12-13H2,1-2H3,(H2,23,28)(H,25,26)/t19-/m1/s1. The van der Waals surface area contributed by atoms with Gasteiger partial charge in [-0.2, -0.15) is 0 Å². The van der Waals surface area contributed by atoms with E-state index in [4.69, 9.17) is 10.5 Å². The highest BCUT2D eigenvalue weighted by Gasteiger charge is 2.18. The lowest BCUT2D eigenvalue weighted by atomic mass is 10.0. The molecule has 0 bridgehead atoms. The van der Waals surface area contributed by atoms with E-state index >= 15 is 0 Å². The molecule has 7 heteroatoms. The number of hydrogen-bond donors (Lipinski definition) is 4. The molecule has 0 aliphatic rings. The van der Waals surface area contributed by atoms with E-state index in [2.05, 4.69) is 15.6 Å². The summed E-state index contributed by atoms with van der Waals surface area (Å²) in [6, 6.07) is 13.1. The monoisotopic (exact) mass is 394 g/mol. The zero-order valence-electron chi connectivity index (χ0n) is 16.6. The van der Waals surface area contributed by atoms with Crippen LogP contribution < -0.4 is 21.1 Å². The van der Waals surface area contributed by atoms with E-state index in [1.54, 1.807) is 18.3 Å². The van der Waals surface area contributed by atoms with Crippen molar-refractivity contribution in [2.75, 3.05) is 25.5 Å². The molecule has 0 fully saturated rings. The van der Waals surface area contributed by atoms with Crippen LogP contribution in [0.25, 0.3) is 10.9 Å². The van der Waals surface area contributed by atoms with Crippen molar-refractivity contribution in [2.24, 2.45) is 5.73 Å². The van der Waals surface area contributed by atoms with E-state index in [0.717, 1.165) is 22.4 Å². The van der Waals surface area contributed by atoms with Crippen LogP contribution in [0.3, 0.4) is 0 Å². The van der Waals surface area contributed by atoms with Gasteiger partial charge in [0.2, 0.25) is 0 Å². The summed E-state index contributed by atoms with van der Waals surface area (Å²) in [5.74, 6) is 0.278. The first-order valence-electron chi connectivity index (χ1n) is 9.54. The molecule has 1 heterocycles. The van der Waals surface area contributed by atoms with E-state index in [0.29, 0.717) is 29.8 Å². The number of nitrogens with one attached hydrogen (secondary N) is 2. The number of carbonyl (C=O) groups excluding carboxylic acids is 1. The third kappa shape index (κ3) is 4.47. The fourth-order valence-corrected chi connectivity index (χ4v) is 3.35. The van der Waals surface area contributed by atoms with Crippen LogP contribution in [0.2, 0.25) is 0 Å². The van der Waals surface area contributed by atoms with Crippen molar-refractivity contribution < 1.29 is 14.6 Å². The zero-order valence-corrected chi connectivity index (χ0v) is 16.6. The third-order valence-electron chi connectivity index (χ3n) is 4.73.